The summed E-state index contributed by atoms with van der Waals surface area (Å²) in [6.45, 7) is 0.0976. The van der Waals surface area contributed by atoms with E-state index < -0.39 is 0 Å². The van der Waals surface area contributed by atoms with Crippen LogP contribution in [0.4, 0.5) is 11.8 Å². The molecule has 0 unspecified atom stereocenters. The Morgan fingerprint density at radius 2 is 1.93 bits per heavy atom. The van der Waals surface area contributed by atoms with E-state index in [0.29, 0.717) is 22.5 Å². The minimum atomic E-state index is -0.266. The molecule has 4 rings (SSSR count). The van der Waals surface area contributed by atoms with Crippen molar-refractivity contribution in [3.8, 4) is 11.3 Å². The molecule has 1 aliphatic carbocycles. The normalized spacial score (nSPS) is 19.4. The van der Waals surface area contributed by atoms with Crippen LogP contribution in [0, 0.1) is 0 Å². The Labute approximate surface area is 167 Å². The molecule has 152 valence electrons. The maximum Gasteiger partial charge on any atom is 0.262 e. The lowest BCUT2D eigenvalue weighted by molar-refractivity contribution is 0.126. The quantitative estimate of drug-likeness (QED) is 0.503. The van der Waals surface area contributed by atoms with Crippen LogP contribution in [0.15, 0.2) is 35.5 Å². The van der Waals surface area contributed by atoms with E-state index in [2.05, 4.69) is 15.3 Å². The molecular formula is C20H24N6O3. The van der Waals surface area contributed by atoms with Crippen LogP contribution in [-0.2, 0) is 6.54 Å². The molecule has 0 saturated heterocycles. The van der Waals surface area contributed by atoms with E-state index in [1.807, 2.05) is 12.1 Å². The average molecular weight is 396 g/mol. The number of pyridine rings is 2. The second-order valence-electron chi connectivity index (χ2n) is 7.34. The molecule has 1 fully saturated rings. The number of rotatable bonds is 5. The molecule has 0 radical (unpaired) electrons. The van der Waals surface area contributed by atoms with Crippen LogP contribution < -0.4 is 16.6 Å². The van der Waals surface area contributed by atoms with Crippen LogP contribution in [0.2, 0.25) is 0 Å². The van der Waals surface area contributed by atoms with Gasteiger partial charge >= 0.3 is 0 Å². The summed E-state index contributed by atoms with van der Waals surface area (Å²) in [6.07, 6.45) is 7.65. The van der Waals surface area contributed by atoms with Crippen molar-refractivity contribution in [1.29, 1.82) is 0 Å². The Morgan fingerprint density at radius 3 is 2.62 bits per heavy atom. The highest BCUT2D eigenvalue weighted by Gasteiger charge is 2.21. The topological polar surface area (TPSA) is 139 Å². The van der Waals surface area contributed by atoms with Crippen molar-refractivity contribution in [1.82, 2.24) is 19.5 Å². The van der Waals surface area contributed by atoms with Gasteiger partial charge in [-0.2, -0.15) is 0 Å². The molecule has 3 heterocycles. The number of nitrogen functional groups attached to an aromatic ring is 1. The molecule has 0 spiro atoms. The van der Waals surface area contributed by atoms with Crippen LogP contribution in [0.25, 0.3) is 22.0 Å². The highest BCUT2D eigenvalue weighted by molar-refractivity contribution is 5.93. The van der Waals surface area contributed by atoms with Crippen molar-refractivity contribution >= 4 is 22.5 Å². The molecule has 0 aromatic carbocycles. The third kappa shape index (κ3) is 4.06. The molecule has 0 aliphatic heterocycles. The van der Waals surface area contributed by atoms with Crippen LogP contribution in [0.3, 0.4) is 0 Å². The van der Waals surface area contributed by atoms with Crippen molar-refractivity contribution < 1.29 is 10.2 Å². The van der Waals surface area contributed by atoms with E-state index >= 15 is 0 Å². The molecular weight excluding hydrogens is 372 g/mol. The number of aromatic nitrogens is 4. The fourth-order valence-corrected chi connectivity index (χ4v) is 3.72. The predicted octanol–water partition coefficient (Wildman–Crippen LogP) is 1.14. The summed E-state index contributed by atoms with van der Waals surface area (Å²) in [4.78, 5) is 25.8. The number of hydrogen-bond donors (Lipinski definition) is 4. The number of aliphatic hydroxyl groups excluding tert-OH is 2. The lowest BCUT2D eigenvalue weighted by Gasteiger charge is -2.27. The zero-order valence-corrected chi connectivity index (χ0v) is 16.0. The van der Waals surface area contributed by atoms with Gasteiger partial charge in [-0.05, 0) is 43.2 Å². The second kappa shape index (κ2) is 8.14. The summed E-state index contributed by atoms with van der Waals surface area (Å²) in [5, 5.41) is 23.7. The molecule has 0 atom stereocenters. The maximum absolute atomic E-state index is 13.0. The molecule has 5 N–H and O–H groups in total. The Morgan fingerprint density at radius 1 is 1.21 bits per heavy atom. The summed E-state index contributed by atoms with van der Waals surface area (Å²) < 4.78 is 1.48. The Bertz CT molecular complexity index is 1060. The van der Waals surface area contributed by atoms with Crippen LogP contribution in [0.1, 0.15) is 25.7 Å². The lowest BCUT2D eigenvalue weighted by Crippen LogP contribution is -2.30. The monoisotopic (exact) mass is 396 g/mol. The van der Waals surface area contributed by atoms with Gasteiger partial charge in [0.05, 0.1) is 23.8 Å². The number of anilines is 2. The van der Waals surface area contributed by atoms with Gasteiger partial charge in [0.25, 0.3) is 5.56 Å². The first-order valence-corrected chi connectivity index (χ1v) is 9.72. The fraction of sp³-hybridized carbons (Fsp3) is 0.400. The average Bonchev–Trinajstić information content (AvgIpc) is 2.72. The first-order valence-electron chi connectivity index (χ1n) is 9.72. The molecule has 0 bridgehead atoms. The summed E-state index contributed by atoms with van der Waals surface area (Å²) >= 11 is 0. The van der Waals surface area contributed by atoms with Gasteiger partial charge in [0.1, 0.15) is 5.82 Å². The Hall–Kier alpha value is -3.04. The number of nitrogens with zero attached hydrogens (tertiary/aromatic N) is 4. The highest BCUT2D eigenvalue weighted by atomic mass is 16.3. The zero-order chi connectivity index (χ0) is 20.4. The molecule has 9 nitrogen and oxygen atoms in total. The fourth-order valence-electron chi connectivity index (χ4n) is 3.72. The van der Waals surface area contributed by atoms with Gasteiger partial charge in [0.15, 0.2) is 0 Å². The maximum atomic E-state index is 13.0. The third-order valence-corrected chi connectivity index (χ3v) is 5.30. The van der Waals surface area contributed by atoms with Crippen molar-refractivity contribution in [2.24, 2.45) is 0 Å². The van der Waals surface area contributed by atoms with Gasteiger partial charge < -0.3 is 25.8 Å². The molecule has 3 aromatic rings. The van der Waals surface area contributed by atoms with Gasteiger partial charge in [-0.1, -0.05) is 0 Å². The van der Waals surface area contributed by atoms with Gasteiger partial charge in [-0.25, -0.2) is 15.0 Å². The first-order chi connectivity index (χ1) is 14.0. The summed E-state index contributed by atoms with van der Waals surface area (Å²) in [5.74, 6) is 0.675. The lowest BCUT2D eigenvalue weighted by atomic mass is 9.93. The molecule has 1 aliphatic rings. The summed E-state index contributed by atoms with van der Waals surface area (Å²) in [7, 11) is 0. The van der Waals surface area contributed by atoms with Gasteiger partial charge in [0.2, 0.25) is 5.95 Å². The number of aliphatic hydroxyl groups is 2. The van der Waals surface area contributed by atoms with Crippen LogP contribution >= 0.6 is 0 Å². The summed E-state index contributed by atoms with van der Waals surface area (Å²) in [5.41, 5.74) is 6.71. The van der Waals surface area contributed by atoms with Gasteiger partial charge in [-0.3, -0.25) is 4.79 Å². The second-order valence-corrected chi connectivity index (χ2v) is 7.34. The largest absolute Gasteiger partial charge is 0.395 e. The van der Waals surface area contributed by atoms with Gasteiger partial charge in [-0.15, -0.1) is 0 Å². The number of hydrogen-bond acceptors (Lipinski definition) is 8. The minimum absolute atomic E-state index is 0.122. The van der Waals surface area contributed by atoms with E-state index in [0.717, 1.165) is 31.1 Å². The van der Waals surface area contributed by atoms with E-state index in [9.17, 15) is 15.0 Å². The molecule has 1 saturated carbocycles. The molecule has 29 heavy (non-hydrogen) atoms. The van der Waals surface area contributed by atoms with E-state index in [4.69, 9.17) is 10.7 Å². The summed E-state index contributed by atoms with van der Waals surface area (Å²) in [6, 6.07) is 3.79. The van der Waals surface area contributed by atoms with E-state index in [1.54, 1.807) is 18.6 Å². The Balaban J connectivity index is 1.82. The van der Waals surface area contributed by atoms with Crippen molar-refractivity contribution in [2.45, 2.75) is 44.4 Å². The number of nitrogens with two attached hydrogens (primary N) is 1. The first kappa shape index (κ1) is 19.3. The highest BCUT2D eigenvalue weighted by Crippen LogP contribution is 2.28. The molecule has 3 aromatic heterocycles. The van der Waals surface area contributed by atoms with Gasteiger partial charge in [0, 0.05) is 36.7 Å². The number of nitrogens with one attached hydrogen (secondary N) is 1. The van der Waals surface area contributed by atoms with Crippen molar-refractivity contribution in [3.63, 3.8) is 0 Å². The van der Waals surface area contributed by atoms with Crippen LogP contribution in [-0.4, -0.2) is 48.5 Å². The SMILES string of the molecule is Nc1ncc(-c2cc3ccn(CCO)c(=O)c3c(NC3CCC(O)CC3)n2)cn1. The number of fused-ring (bicyclic) bond motifs is 1. The third-order valence-electron chi connectivity index (χ3n) is 5.30. The van der Waals surface area contributed by atoms with E-state index in [1.165, 1.54) is 4.57 Å². The van der Waals surface area contributed by atoms with Crippen molar-refractivity contribution in [2.75, 3.05) is 17.7 Å². The Kier molecular flexibility index (Phi) is 5.41. The predicted molar refractivity (Wildman–Crippen MR) is 110 cm³/mol. The zero-order valence-electron chi connectivity index (χ0n) is 16.0. The standard InChI is InChI=1S/C20H24N6O3/c21-20-22-10-13(11-23-20)16-9-12-5-6-26(7-8-27)19(29)17(12)18(25-16)24-14-1-3-15(28)4-2-14/h5-6,9-11,14-15,27-28H,1-4,7-8H2,(H,24,25)(H2,21,22,23). The van der Waals surface area contributed by atoms with E-state index in [-0.39, 0.29) is 36.8 Å². The smallest absolute Gasteiger partial charge is 0.262 e. The van der Waals surface area contributed by atoms with Crippen LogP contribution in [0.5, 0.6) is 0 Å². The van der Waals surface area contributed by atoms with Crippen molar-refractivity contribution in [3.05, 3.63) is 41.1 Å². The molecule has 0 amide bonds. The minimum Gasteiger partial charge on any atom is -0.395 e. The molecule has 9 heteroatoms.